The van der Waals surface area contributed by atoms with Gasteiger partial charge in [0, 0.05) is 10.8 Å². The van der Waals surface area contributed by atoms with Gasteiger partial charge in [-0.15, -0.1) is 0 Å². The van der Waals surface area contributed by atoms with E-state index in [0.29, 0.717) is 5.75 Å². The lowest BCUT2D eigenvalue weighted by Crippen LogP contribution is -2.28. The van der Waals surface area contributed by atoms with Crippen molar-refractivity contribution in [2.24, 2.45) is 5.41 Å². The van der Waals surface area contributed by atoms with E-state index in [-0.39, 0.29) is 5.97 Å². The summed E-state index contributed by atoms with van der Waals surface area (Å²) < 4.78 is 10.9. The molecule has 0 unspecified atom stereocenters. The molecule has 0 bridgehead atoms. The van der Waals surface area contributed by atoms with Gasteiger partial charge in [-0.1, -0.05) is 31.2 Å². The van der Waals surface area contributed by atoms with Gasteiger partial charge in [0.1, 0.15) is 11.5 Å². The van der Waals surface area contributed by atoms with Crippen LogP contribution in [0, 0.1) is 5.41 Å². The first-order chi connectivity index (χ1) is 9.49. The summed E-state index contributed by atoms with van der Waals surface area (Å²) in [6.07, 6.45) is 0.736. The standard InChI is InChI=1S/C17H20O3/c1-5-17(2,3)16(18)20-15-11-7-8-12-13(15)9-6-10-14(12)19-4/h6-11H,5H2,1-4H3. The number of ether oxygens (including phenoxy) is 2. The Kier molecular flexibility index (Phi) is 3.98. The van der Waals surface area contributed by atoms with Crippen LogP contribution < -0.4 is 9.47 Å². The van der Waals surface area contributed by atoms with E-state index in [2.05, 4.69) is 0 Å². The zero-order valence-corrected chi connectivity index (χ0v) is 12.4. The fraction of sp³-hybridized carbons (Fsp3) is 0.353. The smallest absolute Gasteiger partial charge is 0.316 e. The van der Waals surface area contributed by atoms with E-state index in [9.17, 15) is 4.79 Å². The molecular weight excluding hydrogens is 252 g/mol. The molecule has 2 aromatic carbocycles. The maximum absolute atomic E-state index is 12.2. The van der Waals surface area contributed by atoms with Gasteiger partial charge in [-0.25, -0.2) is 0 Å². The van der Waals surface area contributed by atoms with Crippen LogP contribution >= 0.6 is 0 Å². The Morgan fingerprint density at radius 1 is 1.05 bits per heavy atom. The molecule has 0 amide bonds. The molecule has 3 heteroatoms. The number of hydrogen-bond acceptors (Lipinski definition) is 3. The highest BCUT2D eigenvalue weighted by Crippen LogP contribution is 2.33. The molecule has 0 heterocycles. The molecule has 0 aliphatic carbocycles. The zero-order valence-electron chi connectivity index (χ0n) is 12.4. The highest BCUT2D eigenvalue weighted by Gasteiger charge is 2.28. The highest BCUT2D eigenvalue weighted by atomic mass is 16.5. The lowest BCUT2D eigenvalue weighted by Gasteiger charge is -2.20. The van der Waals surface area contributed by atoms with Crippen LogP contribution in [-0.2, 0) is 4.79 Å². The van der Waals surface area contributed by atoms with Crippen LogP contribution in [0.3, 0.4) is 0 Å². The number of hydrogen-bond donors (Lipinski definition) is 0. The van der Waals surface area contributed by atoms with Gasteiger partial charge >= 0.3 is 5.97 Å². The number of fused-ring (bicyclic) bond motifs is 1. The van der Waals surface area contributed by atoms with E-state index in [0.717, 1.165) is 22.9 Å². The maximum Gasteiger partial charge on any atom is 0.316 e. The average molecular weight is 272 g/mol. The van der Waals surface area contributed by atoms with E-state index in [4.69, 9.17) is 9.47 Å². The molecule has 0 fully saturated rings. The lowest BCUT2D eigenvalue weighted by atomic mass is 9.90. The molecule has 20 heavy (non-hydrogen) atoms. The molecule has 0 saturated heterocycles. The third-order valence-electron chi connectivity index (χ3n) is 3.70. The summed E-state index contributed by atoms with van der Waals surface area (Å²) in [6.45, 7) is 5.76. The van der Waals surface area contributed by atoms with E-state index in [1.807, 2.05) is 57.2 Å². The summed E-state index contributed by atoms with van der Waals surface area (Å²) in [5, 5.41) is 1.82. The summed E-state index contributed by atoms with van der Waals surface area (Å²) in [6, 6.07) is 11.3. The van der Waals surface area contributed by atoms with Crippen LogP contribution in [0.4, 0.5) is 0 Å². The van der Waals surface area contributed by atoms with Crippen molar-refractivity contribution in [3.05, 3.63) is 36.4 Å². The Balaban J connectivity index is 2.44. The minimum Gasteiger partial charge on any atom is -0.496 e. The average Bonchev–Trinajstić information content (AvgIpc) is 2.46. The second-order valence-electron chi connectivity index (χ2n) is 5.44. The molecule has 2 aromatic rings. The maximum atomic E-state index is 12.2. The minimum atomic E-state index is -0.485. The molecular formula is C17H20O3. The summed E-state index contributed by atoms with van der Waals surface area (Å²) in [5.74, 6) is 1.14. The molecule has 0 atom stereocenters. The van der Waals surface area contributed by atoms with Crippen molar-refractivity contribution in [3.8, 4) is 11.5 Å². The molecule has 0 aromatic heterocycles. The van der Waals surface area contributed by atoms with Crippen LogP contribution in [0.25, 0.3) is 10.8 Å². The quantitative estimate of drug-likeness (QED) is 0.618. The number of esters is 1. The monoisotopic (exact) mass is 272 g/mol. The Labute approximate surface area is 119 Å². The first kappa shape index (κ1) is 14.4. The fourth-order valence-electron chi connectivity index (χ4n) is 1.90. The molecule has 0 radical (unpaired) electrons. The van der Waals surface area contributed by atoms with E-state index >= 15 is 0 Å². The Morgan fingerprint density at radius 3 is 2.15 bits per heavy atom. The molecule has 0 spiro atoms. The molecule has 0 aliphatic rings. The molecule has 0 aliphatic heterocycles. The van der Waals surface area contributed by atoms with E-state index < -0.39 is 5.41 Å². The molecule has 3 nitrogen and oxygen atoms in total. The van der Waals surface area contributed by atoms with Crippen LogP contribution in [0.2, 0.25) is 0 Å². The van der Waals surface area contributed by atoms with Crippen LogP contribution in [0.15, 0.2) is 36.4 Å². The predicted octanol–water partition coefficient (Wildman–Crippen LogP) is 4.19. The van der Waals surface area contributed by atoms with Crippen molar-refractivity contribution < 1.29 is 14.3 Å². The van der Waals surface area contributed by atoms with Gasteiger partial charge in [0.25, 0.3) is 0 Å². The summed E-state index contributed by atoms with van der Waals surface area (Å²) in [7, 11) is 1.63. The van der Waals surface area contributed by atoms with Gasteiger partial charge in [0.05, 0.1) is 12.5 Å². The van der Waals surface area contributed by atoms with Crippen LogP contribution in [0.5, 0.6) is 11.5 Å². The van der Waals surface area contributed by atoms with Gasteiger partial charge in [-0.3, -0.25) is 4.79 Å². The Bertz CT molecular complexity index is 629. The number of benzene rings is 2. The lowest BCUT2D eigenvalue weighted by molar-refractivity contribution is -0.144. The number of methoxy groups -OCH3 is 1. The van der Waals surface area contributed by atoms with Gasteiger partial charge in [0.2, 0.25) is 0 Å². The van der Waals surface area contributed by atoms with Gasteiger partial charge in [-0.2, -0.15) is 0 Å². The summed E-state index contributed by atoms with van der Waals surface area (Å²) in [5.41, 5.74) is -0.485. The SMILES string of the molecule is CCC(C)(C)C(=O)Oc1cccc2c(OC)cccc12. The van der Waals surface area contributed by atoms with Gasteiger partial charge < -0.3 is 9.47 Å². The number of carbonyl (C=O) groups excluding carboxylic acids is 1. The van der Waals surface area contributed by atoms with Crippen molar-refractivity contribution in [1.82, 2.24) is 0 Å². The fourth-order valence-corrected chi connectivity index (χ4v) is 1.90. The van der Waals surface area contributed by atoms with Crippen molar-refractivity contribution >= 4 is 16.7 Å². The highest BCUT2D eigenvalue weighted by molar-refractivity contribution is 5.94. The number of rotatable bonds is 4. The van der Waals surface area contributed by atoms with Crippen molar-refractivity contribution in [1.29, 1.82) is 0 Å². The first-order valence-corrected chi connectivity index (χ1v) is 6.77. The van der Waals surface area contributed by atoms with Gasteiger partial charge in [0.15, 0.2) is 0 Å². The van der Waals surface area contributed by atoms with Crippen molar-refractivity contribution in [3.63, 3.8) is 0 Å². The summed E-state index contributed by atoms with van der Waals surface area (Å²) >= 11 is 0. The normalized spacial score (nSPS) is 11.4. The van der Waals surface area contributed by atoms with Crippen molar-refractivity contribution in [2.45, 2.75) is 27.2 Å². The Hall–Kier alpha value is -2.03. The second-order valence-corrected chi connectivity index (χ2v) is 5.44. The minimum absolute atomic E-state index is 0.213. The zero-order chi connectivity index (χ0) is 14.8. The van der Waals surface area contributed by atoms with Crippen molar-refractivity contribution in [2.75, 3.05) is 7.11 Å². The molecule has 106 valence electrons. The third-order valence-corrected chi connectivity index (χ3v) is 3.70. The second kappa shape index (κ2) is 5.53. The molecule has 2 rings (SSSR count). The van der Waals surface area contributed by atoms with Gasteiger partial charge in [-0.05, 0) is 32.4 Å². The summed E-state index contributed by atoms with van der Waals surface area (Å²) in [4.78, 5) is 12.2. The van der Waals surface area contributed by atoms with Crippen LogP contribution in [0.1, 0.15) is 27.2 Å². The Morgan fingerprint density at radius 2 is 1.60 bits per heavy atom. The first-order valence-electron chi connectivity index (χ1n) is 6.77. The topological polar surface area (TPSA) is 35.5 Å². The number of carbonyl (C=O) groups is 1. The van der Waals surface area contributed by atoms with E-state index in [1.54, 1.807) is 7.11 Å². The van der Waals surface area contributed by atoms with Crippen LogP contribution in [-0.4, -0.2) is 13.1 Å². The predicted molar refractivity (Wildman–Crippen MR) is 80.2 cm³/mol. The third kappa shape index (κ3) is 2.62. The molecule has 0 saturated carbocycles. The molecule has 0 N–H and O–H groups in total. The largest absolute Gasteiger partial charge is 0.496 e. The van der Waals surface area contributed by atoms with E-state index in [1.165, 1.54) is 0 Å².